The zero-order chi connectivity index (χ0) is 14.0. The minimum Gasteiger partial charge on any atom is -0.397 e. The summed E-state index contributed by atoms with van der Waals surface area (Å²) in [4.78, 5) is 0.234. The molecule has 0 saturated heterocycles. The van der Waals surface area contributed by atoms with Crippen molar-refractivity contribution in [2.24, 2.45) is 0 Å². The molecule has 2 N–H and O–H groups in total. The van der Waals surface area contributed by atoms with E-state index in [2.05, 4.69) is 6.92 Å². The van der Waals surface area contributed by atoms with Gasteiger partial charge in [-0.05, 0) is 37.5 Å². The molecule has 1 aromatic carbocycles. The highest BCUT2D eigenvalue weighted by Crippen LogP contribution is 2.33. The van der Waals surface area contributed by atoms with E-state index in [1.54, 1.807) is 4.31 Å². The molecule has 0 bridgehead atoms. The van der Waals surface area contributed by atoms with Crippen LogP contribution in [0, 0.1) is 0 Å². The number of nitrogens with two attached hydrogens (primary N) is 1. The summed E-state index contributed by atoms with van der Waals surface area (Å²) in [6, 6.07) is 4.66. The Morgan fingerprint density at radius 1 is 1.42 bits per heavy atom. The summed E-state index contributed by atoms with van der Waals surface area (Å²) in [5.41, 5.74) is 5.99. The summed E-state index contributed by atoms with van der Waals surface area (Å²) in [7, 11) is -3.45. The van der Waals surface area contributed by atoms with E-state index in [1.165, 1.54) is 18.2 Å². The van der Waals surface area contributed by atoms with Crippen LogP contribution in [0.15, 0.2) is 23.1 Å². The van der Waals surface area contributed by atoms with E-state index < -0.39 is 10.0 Å². The van der Waals surface area contributed by atoms with Crippen LogP contribution in [-0.2, 0) is 10.0 Å². The molecule has 1 saturated carbocycles. The van der Waals surface area contributed by atoms with Crippen LogP contribution in [0.4, 0.5) is 5.69 Å². The number of halogens is 1. The number of hydrogen-bond donors (Lipinski definition) is 1. The molecule has 0 atom stereocenters. The average Bonchev–Trinajstić information content (AvgIpc) is 3.17. The Morgan fingerprint density at radius 2 is 2.11 bits per heavy atom. The largest absolute Gasteiger partial charge is 0.397 e. The second-order valence-electron chi connectivity index (χ2n) is 4.88. The molecule has 1 fully saturated rings. The SMILES string of the molecule is CCCCN(C1CC1)S(=O)(=O)c1ccc(Cl)c(N)c1. The predicted molar refractivity (Wildman–Crippen MR) is 77.7 cm³/mol. The van der Waals surface area contributed by atoms with Crippen LogP contribution in [0.1, 0.15) is 32.6 Å². The molecule has 1 aromatic rings. The molecule has 0 radical (unpaired) electrons. The minimum absolute atomic E-state index is 0.161. The Hall–Kier alpha value is -0.780. The van der Waals surface area contributed by atoms with Crippen molar-refractivity contribution < 1.29 is 8.42 Å². The van der Waals surface area contributed by atoms with Crippen LogP contribution in [-0.4, -0.2) is 25.3 Å². The highest BCUT2D eigenvalue weighted by atomic mass is 35.5. The van der Waals surface area contributed by atoms with E-state index in [0.29, 0.717) is 17.3 Å². The molecular formula is C13H19ClN2O2S. The molecule has 4 nitrogen and oxygen atoms in total. The maximum absolute atomic E-state index is 12.6. The molecule has 0 unspecified atom stereocenters. The molecule has 0 amide bonds. The standard InChI is InChI=1S/C13H19ClN2O2S/c1-2-3-8-16(10-4-5-10)19(17,18)11-6-7-12(14)13(15)9-11/h6-7,9-10H,2-5,8,15H2,1H3. The van der Waals surface area contributed by atoms with Gasteiger partial charge in [-0.15, -0.1) is 0 Å². The monoisotopic (exact) mass is 302 g/mol. The summed E-state index contributed by atoms with van der Waals surface area (Å²) >= 11 is 5.84. The predicted octanol–water partition coefficient (Wildman–Crippen LogP) is 2.88. The van der Waals surface area contributed by atoms with Crippen molar-refractivity contribution in [3.8, 4) is 0 Å². The molecular weight excluding hydrogens is 284 g/mol. The van der Waals surface area contributed by atoms with Crippen LogP contribution in [0.2, 0.25) is 5.02 Å². The van der Waals surface area contributed by atoms with E-state index in [1.807, 2.05) is 0 Å². The van der Waals surface area contributed by atoms with Crippen molar-refractivity contribution in [2.45, 2.75) is 43.5 Å². The zero-order valence-electron chi connectivity index (χ0n) is 11.0. The van der Waals surface area contributed by atoms with Gasteiger partial charge in [0.05, 0.1) is 15.6 Å². The van der Waals surface area contributed by atoms with Crippen LogP contribution >= 0.6 is 11.6 Å². The third-order valence-corrected chi connectivity index (χ3v) is 5.55. The Morgan fingerprint density at radius 3 is 2.63 bits per heavy atom. The van der Waals surface area contributed by atoms with Gasteiger partial charge in [0.1, 0.15) is 0 Å². The quantitative estimate of drug-likeness (QED) is 0.822. The van der Waals surface area contributed by atoms with Crippen molar-refractivity contribution in [3.05, 3.63) is 23.2 Å². The molecule has 106 valence electrons. The van der Waals surface area contributed by atoms with Gasteiger partial charge in [-0.1, -0.05) is 24.9 Å². The summed E-state index contributed by atoms with van der Waals surface area (Å²) in [6.45, 7) is 2.63. The van der Waals surface area contributed by atoms with Crippen LogP contribution in [0.25, 0.3) is 0 Å². The lowest BCUT2D eigenvalue weighted by Gasteiger charge is -2.22. The Labute approximate surface area is 119 Å². The van der Waals surface area contributed by atoms with Gasteiger partial charge in [-0.2, -0.15) is 4.31 Å². The van der Waals surface area contributed by atoms with Crippen LogP contribution < -0.4 is 5.73 Å². The average molecular weight is 303 g/mol. The number of hydrogen-bond acceptors (Lipinski definition) is 3. The number of anilines is 1. The van der Waals surface area contributed by atoms with Gasteiger partial charge in [0.15, 0.2) is 0 Å². The topological polar surface area (TPSA) is 63.4 Å². The van der Waals surface area contributed by atoms with Crippen molar-refractivity contribution in [3.63, 3.8) is 0 Å². The fourth-order valence-electron chi connectivity index (χ4n) is 1.99. The summed E-state index contributed by atoms with van der Waals surface area (Å²) < 4.78 is 26.8. The smallest absolute Gasteiger partial charge is 0.243 e. The van der Waals surface area contributed by atoms with E-state index in [4.69, 9.17) is 17.3 Å². The summed E-state index contributed by atoms with van der Waals surface area (Å²) in [5, 5.41) is 0.380. The lowest BCUT2D eigenvalue weighted by atomic mass is 10.3. The Bertz CT molecular complexity index is 556. The van der Waals surface area contributed by atoms with Gasteiger partial charge in [-0.25, -0.2) is 8.42 Å². The highest BCUT2D eigenvalue weighted by molar-refractivity contribution is 7.89. The van der Waals surface area contributed by atoms with Crippen molar-refractivity contribution in [1.82, 2.24) is 4.31 Å². The van der Waals surface area contributed by atoms with Gasteiger partial charge in [0, 0.05) is 12.6 Å². The molecule has 1 aliphatic carbocycles. The second kappa shape index (κ2) is 5.69. The minimum atomic E-state index is -3.45. The van der Waals surface area contributed by atoms with Crippen molar-refractivity contribution in [2.75, 3.05) is 12.3 Å². The fourth-order valence-corrected chi connectivity index (χ4v) is 3.87. The number of nitrogen functional groups attached to an aromatic ring is 1. The molecule has 19 heavy (non-hydrogen) atoms. The number of rotatable bonds is 6. The van der Waals surface area contributed by atoms with Crippen LogP contribution in [0.5, 0.6) is 0 Å². The maximum atomic E-state index is 12.6. The van der Waals surface area contributed by atoms with Crippen molar-refractivity contribution >= 4 is 27.3 Å². The van der Waals surface area contributed by atoms with E-state index in [-0.39, 0.29) is 10.9 Å². The molecule has 0 aromatic heterocycles. The number of nitrogens with zero attached hydrogens (tertiary/aromatic N) is 1. The van der Waals surface area contributed by atoms with Gasteiger partial charge < -0.3 is 5.73 Å². The van der Waals surface area contributed by atoms with Gasteiger partial charge in [0.25, 0.3) is 0 Å². The van der Waals surface area contributed by atoms with Gasteiger partial charge in [-0.3, -0.25) is 0 Å². The lowest BCUT2D eigenvalue weighted by molar-refractivity contribution is 0.396. The van der Waals surface area contributed by atoms with Gasteiger partial charge in [0.2, 0.25) is 10.0 Å². The second-order valence-corrected chi connectivity index (χ2v) is 7.18. The van der Waals surface area contributed by atoms with E-state index in [0.717, 1.165) is 25.7 Å². The molecule has 2 rings (SSSR count). The summed E-state index contributed by atoms with van der Waals surface area (Å²) in [6.07, 6.45) is 3.75. The molecule has 6 heteroatoms. The first kappa shape index (κ1) is 14.6. The Balaban J connectivity index is 2.30. The number of sulfonamides is 1. The first-order chi connectivity index (χ1) is 8.96. The normalized spacial score (nSPS) is 15.9. The first-order valence-corrected chi connectivity index (χ1v) is 8.35. The fraction of sp³-hybridized carbons (Fsp3) is 0.538. The molecule has 0 aliphatic heterocycles. The Kier molecular flexibility index (Phi) is 4.38. The van der Waals surface area contributed by atoms with Crippen molar-refractivity contribution in [1.29, 1.82) is 0 Å². The molecule has 0 heterocycles. The van der Waals surface area contributed by atoms with Crippen LogP contribution in [0.3, 0.4) is 0 Å². The maximum Gasteiger partial charge on any atom is 0.243 e. The third kappa shape index (κ3) is 3.22. The van der Waals surface area contributed by atoms with E-state index in [9.17, 15) is 8.42 Å². The molecule has 0 spiro atoms. The number of unbranched alkanes of at least 4 members (excludes halogenated alkanes) is 1. The highest BCUT2D eigenvalue weighted by Gasteiger charge is 2.37. The zero-order valence-corrected chi connectivity index (χ0v) is 12.5. The molecule has 1 aliphatic rings. The van der Waals surface area contributed by atoms with Gasteiger partial charge >= 0.3 is 0 Å². The summed E-state index contributed by atoms with van der Waals surface area (Å²) in [5.74, 6) is 0. The lowest BCUT2D eigenvalue weighted by Crippen LogP contribution is -2.34. The van der Waals surface area contributed by atoms with E-state index >= 15 is 0 Å². The first-order valence-electron chi connectivity index (χ1n) is 6.53. The third-order valence-electron chi connectivity index (χ3n) is 3.26. The number of benzene rings is 1.